The Labute approximate surface area is 138 Å². The topological polar surface area (TPSA) is 0 Å². The first kappa shape index (κ1) is 16.3. The fraction of sp³-hybridized carbons (Fsp3) is 0.143. The van der Waals surface area contributed by atoms with Gasteiger partial charge in [-0.25, -0.2) is 0 Å². The van der Waals surface area contributed by atoms with Gasteiger partial charge in [-0.2, -0.15) is 0 Å². The molecular weight excluding hydrogens is 288 g/mol. The predicted molar refractivity (Wildman–Crippen MR) is 97.4 cm³/mol. The van der Waals surface area contributed by atoms with Crippen molar-refractivity contribution in [2.24, 2.45) is 0 Å². The van der Waals surface area contributed by atoms with Crippen molar-refractivity contribution < 1.29 is 0 Å². The third-order valence-electron chi connectivity index (χ3n) is 3.67. The van der Waals surface area contributed by atoms with Crippen LogP contribution in [-0.4, -0.2) is 0 Å². The molecule has 0 spiro atoms. The zero-order valence-electron chi connectivity index (χ0n) is 13.1. The van der Waals surface area contributed by atoms with Crippen molar-refractivity contribution in [1.82, 2.24) is 0 Å². The average molecular weight is 309 g/mol. The fourth-order valence-electron chi connectivity index (χ4n) is 2.20. The zero-order chi connectivity index (χ0) is 15.8. The Kier molecular flexibility index (Phi) is 6.24. The number of hydrogen-bond donors (Lipinski definition) is 0. The first-order valence-electron chi connectivity index (χ1n) is 7.44. The second-order valence-electron chi connectivity index (χ2n) is 5.24. The number of benzene rings is 3. The molecule has 0 bridgehead atoms. The van der Waals surface area contributed by atoms with Crippen molar-refractivity contribution in [3.63, 3.8) is 0 Å². The largest absolute Gasteiger partial charge is 0.122 e. The number of aryl methyl sites for hydroxylation is 2. The molecule has 0 fully saturated rings. The molecule has 0 amide bonds. The molecule has 3 rings (SSSR count). The first-order valence-corrected chi connectivity index (χ1v) is 7.97. The van der Waals surface area contributed by atoms with Gasteiger partial charge < -0.3 is 0 Å². The molecule has 0 unspecified atom stereocenters. The summed E-state index contributed by atoms with van der Waals surface area (Å²) in [5.41, 5.74) is 6.37. The third kappa shape index (κ3) is 4.47. The van der Waals surface area contributed by atoms with E-state index in [1.165, 1.54) is 27.8 Å². The van der Waals surface area contributed by atoms with Crippen LogP contribution < -0.4 is 0 Å². The Balaban J connectivity index is 0.000000188. The summed E-state index contributed by atoms with van der Waals surface area (Å²) in [6.45, 7) is 4.24. The van der Waals surface area contributed by atoms with Gasteiger partial charge in [0.05, 0.1) is 0 Å². The summed E-state index contributed by atoms with van der Waals surface area (Å²) in [6, 6.07) is 26.9. The van der Waals surface area contributed by atoms with Crippen LogP contribution in [0.15, 0.2) is 78.9 Å². The van der Waals surface area contributed by atoms with Gasteiger partial charge in [0.1, 0.15) is 0 Å². The van der Waals surface area contributed by atoms with Gasteiger partial charge in [0, 0.05) is 5.88 Å². The minimum Gasteiger partial charge on any atom is -0.122 e. The molecular formula is C21H21Cl. The Morgan fingerprint density at radius 2 is 1.14 bits per heavy atom. The van der Waals surface area contributed by atoms with E-state index < -0.39 is 0 Å². The second-order valence-corrected chi connectivity index (χ2v) is 5.51. The zero-order valence-corrected chi connectivity index (χ0v) is 13.8. The van der Waals surface area contributed by atoms with Crippen LogP contribution in [0.5, 0.6) is 0 Å². The van der Waals surface area contributed by atoms with E-state index in [2.05, 4.69) is 62.4 Å². The van der Waals surface area contributed by atoms with Gasteiger partial charge in [0.2, 0.25) is 0 Å². The second kappa shape index (κ2) is 8.41. The van der Waals surface area contributed by atoms with E-state index in [9.17, 15) is 0 Å². The molecule has 3 aromatic carbocycles. The molecule has 3 aromatic rings. The minimum atomic E-state index is 0.561. The van der Waals surface area contributed by atoms with Crippen LogP contribution >= 0.6 is 11.6 Å². The van der Waals surface area contributed by atoms with Crippen LogP contribution in [0, 0.1) is 13.8 Å². The molecule has 1 heteroatoms. The lowest BCUT2D eigenvalue weighted by atomic mass is 10.0. The molecule has 112 valence electrons. The van der Waals surface area contributed by atoms with Gasteiger partial charge in [0.15, 0.2) is 0 Å². The van der Waals surface area contributed by atoms with Gasteiger partial charge in [0.25, 0.3) is 0 Å². The number of hydrogen-bond acceptors (Lipinski definition) is 0. The van der Waals surface area contributed by atoms with Gasteiger partial charge in [-0.1, -0.05) is 78.9 Å². The minimum absolute atomic E-state index is 0.561. The Morgan fingerprint density at radius 3 is 1.68 bits per heavy atom. The molecule has 0 heterocycles. The lowest BCUT2D eigenvalue weighted by Crippen LogP contribution is -1.84. The molecule has 0 saturated heterocycles. The van der Waals surface area contributed by atoms with Gasteiger partial charge in [-0.05, 0) is 41.7 Å². The van der Waals surface area contributed by atoms with Crippen LogP contribution in [-0.2, 0) is 5.88 Å². The highest BCUT2D eigenvalue weighted by molar-refractivity contribution is 6.17. The summed E-state index contributed by atoms with van der Waals surface area (Å²) in [6.07, 6.45) is 0. The van der Waals surface area contributed by atoms with Crippen LogP contribution in [0.2, 0.25) is 0 Å². The maximum atomic E-state index is 5.88. The number of halogens is 1. The molecule has 0 atom stereocenters. The molecule has 0 aliphatic carbocycles. The molecule has 0 aromatic heterocycles. The third-order valence-corrected chi connectivity index (χ3v) is 3.96. The normalized spacial score (nSPS) is 9.77. The monoisotopic (exact) mass is 308 g/mol. The average Bonchev–Trinajstić information content (AvgIpc) is 2.59. The van der Waals surface area contributed by atoms with Crippen LogP contribution in [0.4, 0.5) is 0 Å². The van der Waals surface area contributed by atoms with Crippen molar-refractivity contribution in [3.05, 3.63) is 95.6 Å². The van der Waals surface area contributed by atoms with E-state index in [4.69, 9.17) is 11.6 Å². The maximum Gasteiger partial charge on any atom is 0.0480 e. The van der Waals surface area contributed by atoms with E-state index in [1.807, 2.05) is 30.3 Å². The Morgan fingerprint density at radius 1 is 0.636 bits per heavy atom. The molecule has 0 aliphatic heterocycles. The van der Waals surface area contributed by atoms with E-state index in [1.54, 1.807) is 0 Å². The molecule has 22 heavy (non-hydrogen) atoms. The summed E-state index contributed by atoms with van der Waals surface area (Å²) in [4.78, 5) is 0. The van der Waals surface area contributed by atoms with Crippen molar-refractivity contribution in [2.75, 3.05) is 0 Å². The van der Waals surface area contributed by atoms with Crippen LogP contribution in [0.1, 0.15) is 16.7 Å². The summed E-state index contributed by atoms with van der Waals surface area (Å²) < 4.78 is 0. The molecule has 0 saturated carbocycles. The van der Waals surface area contributed by atoms with Crippen molar-refractivity contribution in [2.45, 2.75) is 19.7 Å². The first-order chi connectivity index (χ1) is 10.7. The van der Waals surface area contributed by atoms with Gasteiger partial charge >= 0.3 is 0 Å². The lowest BCUT2D eigenvalue weighted by molar-refractivity contribution is 1.34. The Bertz CT molecular complexity index is 681. The predicted octanol–water partition coefficient (Wildman–Crippen LogP) is 6.40. The maximum absolute atomic E-state index is 5.88. The van der Waals surface area contributed by atoms with E-state index in [0.29, 0.717) is 5.88 Å². The fourth-order valence-corrected chi connectivity index (χ4v) is 2.43. The van der Waals surface area contributed by atoms with Crippen molar-refractivity contribution >= 4 is 11.6 Å². The lowest BCUT2D eigenvalue weighted by Gasteiger charge is -2.06. The van der Waals surface area contributed by atoms with Gasteiger partial charge in [-0.3, -0.25) is 0 Å². The van der Waals surface area contributed by atoms with Crippen LogP contribution in [0.25, 0.3) is 11.1 Å². The molecule has 0 N–H and O–H groups in total. The van der Waals surface area contributed by atoms with Crippen molar-refractivity contribution in [3.8, 4) is 11.1 Å². The molecule has 0 aliphatic rings. The standard InChI is InChI=1S/C13H11Cl.C8H10/c14-10-12-8-4-5-9-13(12)11-6-2-1-3-7-11;1-7-5-3-4-6-8(7)2/h1-9H,10H2;3-6H,1-2H3. The van der Waals surface area contributed by atoms with Gasteiger partial charge in [-0.15, -0.1) is 11.6 Å². The number of rotatable bonds is 2. The summed E-state index contributed by atoms with van der Waals surface area (Å²) in [5, 5.41) is 0. The van der Waals surface area contributed by atoms with E-state index in [-0.39, 0.29) is 0 Å². The summed E-state index contributed by atoms with van der Waals surface area (Å²) in [5.74, 6) is 0.561. The highest BCUT2D eigenvalue weighted by Crippen LogP contribution is 2.24. The Hall–Kier alpha value is -2.05. The van der Waals surface area contributed by atoms with E-state index in [0.717, 1.165) is 0 Å². The highest BCUT2D eigenvalue weighted by atomic mass is 35.5. The smallest absolute Gasteiger partial charge is 0.0480 e. The van der Waals surface area contributed by atoms with Crippen LogP contribution in [0.3, 0.4) is 0 Å². The van der Waals surface area contributed by atoms with Crippen molar-refractivity contribution in [1.29, 1.82) is 0 Å². The summed E-state index contributed by atoms with van der Waals surface area (Å²) >= 11 is 5.88. The SMILES string of the molecule is Cc1ccccc1C.ClCc1ccccc1-c1ccccc1. The van der Waals surface area contributed by atoms with E-state index >= 15 is 0 Å². The quantitative estimate of drug-likeness (QED) is 0.481. The molecule has 0 nitrogen and oxygen atoms in total. The molecule has 0 radical (unpaired) electrons. The highest BCUT2D eigenvalue weighted by Gasteiger charge is 2.01. The summed E-state index contributed by atoms with van der Waals surface area (Å²) in [7, 11) is 0. The number of alkyl halides is 1.